The number of alkyl halides is 7. The highest BCUT2D eigenvalue weighted by atomic mass is 79.9. The zero-order chi connectivity index (χ0) is 25.0. The van der Waals surface area contributed by atoms with E-state index in [1.54, 1.807) is 0 Å². The number of allylic oxidation sites excluding steroid dienone is 1. The molecule has 1 aromatic rings. The highest BCUT2D eigenvalue weighted by Crippen LogP contribution is 2.48. The van der Waals surface area contributed by atoms with E-state index in [0.717, 1.165) is 16.7 Å². The molecule has 0 aromatic carbocycles. The van der Waals surface area contributed by atoms with Gasteiger partial charge in [0, 0.05) is 25.0 Å². The van der Waals surface area contributed by atoms with Crippen LogP contribution in [0.25, 0.3) is 0 Å². The normalized spacial score (nSPS) is 23.9. The predicted octanol–water partition coefficient (Wildman–Crippen LogP) is 2.32. The molecule has 0 radical (unpaired) electrons. The minimum absolute atomic E-state index is 0.0759. The second kappa shape index (κ2) is 9.13. The molecule has 1 aromatic heterocycles. The van der Waals surface area contributed by atoms with Gasteiger partial charge in [-0.2, -0.15) is 36.5 Å². The SMILES string of the molecule is CN1C(OC2COC2)C(CBr)=C(C(F)(F)F)N1C(O)c1c(C(F)(F)F)nn(C)c1OC1COC1. The number of likely N-dealkylation sites (N-methyl/N-ethyl adjacent to an activating group) is 1. The summed E-state index contributed by atoms with van der Waals surface area (Å²) >= 11 is 3.02. The predicted molar refractivity (Wildman–Crippen MR) is 104 cm³/mol. The molecule has 0 aliphatic carbocycles. The zero-order valence-electron chi connectivity index (χ0n) is 17.9. The molecule has 2 fully saturated rings. The molecule has 2 unspecified atom stereocenters. The van der Waals surface area contributed by atoms with E-state index in [2.05, 4.69) is 21.0 Å². The lowest BCUT2D eigenvalue weighted by Crippen LogP contribution is -2.48. The Labute approximate surface area is 197 Å². The number of hydrazine groups is 1. The van der Waals surface area contributed by atoms with Crippen molar-refractivity contribution in [1.29, 1.82) is 0 Å². The number of halogens is 7. The van der Waals surface area contributed by atoms with E-state index in [4.69, 9.17) is 18.9 Å². The largest absolute Gasteiger partial charge is 0.469 e. The monoisotopic (exact) mass is 566 g/mol. The Hall–Kier alpha value is -1.59. The molecule has 0 saturated carbocycles. The first-order valence-corrected chi connectivity index (χ1v) is 11.1. The van der Waals surface area contributed by atoms with Crippen LogP contribution in [0.4, 0.5) is 26.3 Å². The fourth-order valence-corrected chi connectivity index (χ4v) is 4.35. The Kier molecular flexibility index (Phi) is 6.85. The maximum atomic E-state index is 14.2. The van der Waals surface area contributed by atoms with E-state index in [9.17, 15) is 31.4 Å². The Balaban J connectivity index is 1.80. The van der Waals surface area contributed by atoms with Gasteiger partial charge in [0.1, 0.15) is 17.9 Å². The molecule has 1 N–H and O–H groups in total. The van der Waals surface area contributed by atoms with Crippen LogP contribution in [-0.4, -0.2) is 88.3 Å². The fraction of sp³-hybridized carbons (Fsp3) is 0.722. The third-order valence-electron chi connectivity index (χ3n) is 5.53. The van der Waals surface area contributed by atoms with Crippen LogP contribution in [0.1, 0.15) is 17.5 Å². The number of nitrogens with zero attached hydrogens (tertiary/aromatic N) is 4. The molecular weight excluding hydrogens is 546 g/mol. The maximum Gasteiger partial charge on any atom is 0.435 e. The van der Waals surface area contributed by atoms with Crippen molar-refractivity contribution in [2.24, 2.45) is 7.05 Å². The fourth-order valence-electron chi connectivity index (χ4n) is 3.81. The molecule has 4 rings (SSSR count). The highest BCUT2D eigenvalue weighted by Gasteiger charge is 2.54. The summed E-state index contributed by atoms with van der Waals surface area (Å²) < 4.78 is 106. The summed E-state index contributed by atoms with van der Waals surface area (Å²) in [6.07, 6.45) is -15.0. The lowest BCUT2D eigenvalue weighted by atomic mass is 10.1. The van der Waals surface area contributed by atoms with Crippen molar-refractivity contribution in [2.45, 2.75) is 37.0 Å². The van der Waals surface area contributed by atoms with Crippen LogP contribution < -0.4 is 4.74 Å². The van der Waals surface area contributed by atoms with Crippen LogP contribution in [-0.2, 0) is 27.4 Å². The number of rotatable bonds is 7. The first kappa shape index (κ1) is 25.5. The second-order valence-corrected chi connectivity index (χ2v) is 8.47. The Bertz CT molecular complexity index is 946. The van der Waals surface area contributed by atoms with Crippen LogP contribution in [0.3, 0.4) is 0 Å². The molecule has 0 amide bonds. The summed E-state index contributed by atoms with van der Waals surface area (Å²) in [5.41, 5.74) is -4.17. The van der Waals surface area contributed by atoms with E-state index in [-0.39, 0.29) is 37.3 Å². The van der Waals surface area contributed by atoms with Gasteiger partial charge in [-0.05, 0) is 0 Å². The van der Waals surface area contributed by atoms with Crippen LogP contribution in [0.5, 0.6) is 5.88 Å². The third kappa shape index (κ3) is 4.51. The molecule has 2 atom stereocenters. The Morgan fingerprint density at radius 1 is 1.06 bits per heavy atom. The molecule has 2 saturated heterocycles. The molecule has 9 nitrogen and oxygen atoms in total. The summed E-state index contributed by atoms with van der Waals surface area (Å²) in [6.45, 7) is 0.469. The number of ether oxygens (including phenoxy) is 4. The van der Waals surface area contributed by atoms with Gasteiger partial charge in [0.2, 0.25) is 5.88 Å². The lowest BCUT2D eigenvalue weighted by molar-refractivity contribution is -0.227. The van der Waals surface area contributed by atoms with Crippen LogP contribution in [0.15, 0.2) is 11.3 Å². The van der Waals surface area contributed by atoms with Crippen molar-refractivity contribution in [1.82, 2.24) is 19.8 Å². The summed E-state index contributed by atoms with van der Waals surface area (Å²) in [4.78, 5) is 0. The van der Waals surface area contributed by atoms with Gasteiger partial charge >= 0.3 is 12.4 Å². The van der Waals surface area contributed by atoms with Crippen molar-refractivity contribution >= 4 is 15.9 Å². The summed E-state index contributed by atoms with van der Waals surface area (Å²) in [6, 6.07) is 0. The van der Waals surface area contributed by atoms with Gasteiger partial charge in [0.25, 0.3) is 0 Å². The van der Waals surface area contributed by atoms with Gasteiger partial charge in [-0.3, -0.25) is 5.01 Å². The van der Waals surface area contributed by atoms with Gasteiger partial charge in [-0.15, -0.1) is 0 Å². The standard InChI is InChI=1S/C18H21BrF6N4O5/c1-27-16(34-9-6-32-7-9)11(12(26-27)17(20,21)22)14(30)29-13(18(23,24)25)10(3-19)15(28(29)2)33-8-4-31-5-8/h8-9,14-15,30H,3-7H2,1-2H3. The van der Waals surface area contributed by atoms with Crippen LogP contribution in [0, 0.1) is 0 Å². The number of aliphatic hydroxyl groups excluding tert-OH is 1. The van der Waals surface area contributed by atoms with Gasteiger partial charge < -0.3 is 24.1 Å². The van der Waals surface area contributed by atoms with Crippen LogP contribution in [0.2, 0.25) is 0 Å². The van der Waals surface area contributed by atoms with E-state index in [1.807, 2.05) is 0 Å². The van der Waals surface area contributed by atoms with E-state index < -0.39 is 59.9 Å². The molecule has 3 aliphatic heterocycles. The van der Waals surface area contributed by atoms with Crippen LogP contribution >= 0.6 is 15.9 Å². The van der Waals surface area contributed by atoms with E-state index >= 15 is 0 Å². The molecular formula is C18H21BrF6N4O5. The molecule has 34 heavy (non-hydrogen) atoms. The second-order valence-electron chi connectivity index (χ2n) is 7.91. The molecule has 16 heteroatoms. The lowest BCUT2D eigenvalue weighted by Gasteiger charge is -2.38. The first-order chi connectivity index (χ1) is 15.8. The van der Waals surface area contributed by atoms with Crippen molar-refractivity contribution in [2.75, 3.05) is 38.8 Å². The molecule has 0 bridgehead atoms. The number of aromatic nitrogens is 2. The minimum atomic E-state index is -5.08. The smallest absolute Gasteiger partial charge is 0.435 e. The number of aliphatic hydroxyl groups is 1. The highest BCUT2D eigenvalue weighted by molar-refractivity contribution is 9.09. The van der Waals surface area contributed by atoms with Gasteiger partial charge in [-0.25, -0.2) is 4.68 Å². The minimum Gasteiger partial charge on any atom is -0.469 e. The van der Waals surface area contributed by atoms with Crippen molar-refractivity contribution in [3.63, 3.8) is 0 Å². The summed E-state index contributed by atoms with van der Waals surface area (Å²) in [7, 11) is 2.32. The number of aryl methyl sites for hydroxylation is 1. The number of hydrogen-bond acceptors (Lipinski definition) is 8. The van der Waals surface area contributed by atoms with Gasteiger partial charge in [0.15, 0.2) is 18.1 Å². The Morgan fingerprint density at radius 2 is 1.65 bits per heavy atom. The first-order valence-electron chi connectivity index (χ1n) is 10.0. The number of hydrogen-bond donors (Lipinski definition) is 1. The molecule has 3 aliphatic rings. The molecule has 192 valence electrons. The zero-order valence-corrected chi connectivity index (χ0v) is 19.4. The van der Waals surface area contributed by atoms with Crippen molar-refractivity contribution < 1.29 is 50.4 Å². The summed E-state index contributed by atoms with van der Waals surface area (Å²) in [5.74, 6) is -0.514. The maximum absolute atomic E-state index is 14.2. The average molecular weight is 567 g/mol. The third-order valence-corrected chi connectivity index (χ3v) is 6.13. The van der Waals surface area contributed by atoms with Crippen molar-refractivity contribution in [3.05, 3.63) is 22.5 Å². The van der Waals surface area contributed by atoms with Crippen molar-refractivity contribution in [3.8, 4) is 5.88 Å². The van der Waals surface area contributed by atoms with E-state index in [0.29, 0.717) is 5.01 Å². The molecule has 0 spiro atoms. The van der Waals surface area contributed by atoms with E-state index in [1.165, 1.54) is 7.05 Å². The van der Waals surface area contributed by atoms with Gasteiger partial charge in [0.05, 0.1) is 32.0 Å². The quantitative estimate of drug-likeness (QED) is 0.398. The topological polar surface area (TPSA) is 81.5 Å². The average Bonchev–Trinajstić information content (AvgIpc) is 3.14. The van der Waals surface area contributed by atoms with Gasteiger partial charge in [-0.1, -0.05) is 15.9 Å². The Morgan fingerprint density at radius 3 is 2.09 bits per heavy atom. The molecule has 4 heterocycles. The summed E-state index contributed by atoms with van der Waals surface area (Å²) in [5, 5.41) is 15.4.